The largest absolute Gasteiger partial charge is 0.481 e. The molecule has 0 saturated heterocycles. The first-order chi connectivity index (χ1) is 12.1. The Kier molecular flexibility index (Phi) is 3.77. The molecule has 1 saturated carbocycles. The van der Waals surface area contributed by atoms with Gasteiger partial charge in [-0.25, -0.2) is 0 Å². The van der Waals surface area contributed by atoms with E-state index in [0.29, 0.717) is 11.4 Å². The molecule has 0 aromatic carbocycles. The lowest BCUT2D eigenvalue weighted by Crippen LogP contribution is -2.17. The minimum atomic E-state index is -0.723. The lowest BCUT2D eigenvalue weighted by molar-refractivity contribution is -0.139. The summed E-state index contributed by atoms with van der Waals surface area (Å²) in [5.74, 6) is 5.48. The van der Waals surface area contributed by atoms with E-state index in [0.717, 1.165) is 36.9 Å². The number of anilines is 1. The van der Waals surface area contributed by atoms with Crippen molar-refractivity contribution in [3.63, 3.8) is 0 Å². The van der Waals surface area contributed by atoms with Crippen LogP contribution in [0.25, 0.3) is 9.40 Å². The number of fused-ring (bicyclic) bond motifs is 1. The number of thiophene rings is 2. The van der Waals surface area contributed by atoms with Crippen LogP contribution in [-0.2, 0) is 10.2 Å². The van der Waals surface area contributed by atoms with Crippen LogP contribution >= 0.6 is 34.2 Å². The van der Waals surface area contributed by atoms with E-state index in [2.05, 4.69) is 21.5 Å². The van der Waals surface area contributed by atoms with E-state index in [1.54, 1.807) is 29.7 Å². The van der Waals surface area contributed by atoms with Crippen LogP contribution in [0.1, 0.15) is 33.2 Å². The third kappa shape index (κ3) is 2.59. The zero-order valence-corrected chi connectivity index (χ0v) is 15.5. The smallest absolute Gasteiger partial charge is 0.314 e. The second-order valence-corrected chi connectivity index (χ2v) is 8.83. The van der Waals surface area contributed by atoms with Crippen molar-refractivity contribution in [2.24, 2.45) is 0 Å². The van der Waals surface area contributed by atoms with Crippen molar-refractivity contribution >= 4 is 55.3 Å². The molecule has 0 aliphatic heterocycles. The Hall–Kier alpha value is -2.39. The molecule has 0 spiro atoms. The highest BCUT2D eigenvalue weighted by atomic mass is 32.2. The SMILES string of the molecule is CNc1c(C#N)nsc1C#Cc1cc2cc(C3(C(=O)O)CC3)sc2s1. The number of nitrogens with zero attached hydrogens (tertiary/aromatic N) is 2. The monoisotopic (exact) mass is 385 g/mol. The minimum absolute atomic E-state index is 0.358. The van der Waals surface area contributed by atoms with Crippen LogP contribution in [0.4, 0.5) is 5.69 Å². The second kappa shape index (κ2) is 5.85. The summed E-state index contributed by atoms with van der Waals surface area (Å²) in [5, 5.41) is 22.5. The number of carbonyl (C=O) groups is 1. The molecule has 1 aliphatic carbocycles. The molecule has 1 aliphatic rings. The van der Waals surface area contributed by atoms with Crippen LogP contribution in [0, 0.1) is 23.2 Å². The van der Waals surface area contributed by atoms with E-state index in [4.69, 9.17) is 5.26 Å². The maximum absolute atomic E-state index is 11.5. The zero-order chi connectivity index (χ0) is 17.6. The van der Waals surface area contributed by atoms with Gasteiger partial charge in [0.2, 0.25) is 0 Å². The number of hydrogen-bond acceptors (Lipinski definition) is 7. The summed E-state index contributed by atoms with van der Waals surface area (Å²) in [7, 11) is 1.74. The third-order valence-corrected chi connectivity index (χ3v) is 7.47. The Morgan fingerprint density at radius 3 is 2.76 bits per heavy atom. The van der Waals surface area contributed by atoms with Gasteiger partial charge in [0.1, 0.15) is 16.4 Å². The molecule has 3 heterocycles. The van der Waals surface area contributed by atoms with Crippen LogP contribution in [0.3, 0.4) is 0 Å². The van der Waals surface area contributed by atoms with E-state index < -0.39 is 11.4 Å². The molecule has 2 N–H and O–H groups in total. The van der Waals surface area contributed by atoms with Gasteiger partial charge in [0.15, 0.2) is 5.69 Å². The zero-order valence-electron chi connectivity index (χ0n) is 13.0. The first kappa shape index (κ1) is 16.1. The van der Waals surface area contributed by atoms with Crippen molar-refractivity contribution < 1.29 is 9.90 Å². The predicted molar refractivity (Wildman–Crippen MR) is 101 cm³/mol. The fourth-order valence-corrected chi connectivity index (χ4v) is 5.87. The molecular formula is C17H11N3O2S3. The molecule has 3 aromatic rings. The van der Waals surface area contributed by atoms with Crippen molar-refractivity contribution in [1.82, 2.24) is 4.37 Å². The lowest BCUT2D eigenvalue weighted by atomic mass is 10.1. The molecule has 4 rings (SSSR count). The number of carboxylic acid groups (broad SMARTS) is 1. The molecule has 5 nitrogen and oxygen atoms in total. The number of nitriles is 1. The van der Waals surface area contributed by atoms with Crippen molar-refractivity contribution in [3.8, 4) is 17.9 Å². The minimum Gasteiger partial charge on any atom is -0.481 e. The fourth-order valence-electron chi connectivity index (χ4n) is 2.63. The van der Waals surface area contributed by atoms with Gasteiger partial charge in [0, 0.05) is 17.3 Å². The topological polar surface area (TPSA) is 86.0 Å². The van der Waals surface area contributed by atoms with Crippen molar-refractivity contribution in [2.75, 3.05) is 12.4 Å². The van der Waals surface area contributed by atoms with Gasteiger partial charge in [-0.05, 0) is 48.3 Å². The average Bonchev–Trinajstić information content (AvgIpc) is 2.97. The quantitative estimate of drug-likeness (QED) is 0.669. The van der Waals surface area contributed by atoms with Gasteiger partial charge in [-0.3, -0.25) is 4.79 Å². The highest BCUT2D eigenvalue weighted by molar-refractivity contribution is 7.38. The maximum atomic E-state index is 11.5. The molecule has 8 heteroatoms. The number of aliphatic carboxylic acids is 1. The Morgan fingerprint density at radius 1 is 1.36 bits per heavy atom. The highest BCUT2D eigenvalue weighted by Crippen LogP contribution is 2.52. The standard InChI is InChI=1S/C17H11N3O2S3/c1-19-14-11(8-18)20-25-12(14)3-2-10-6-9-7-13(24-15(9)23-10)17(4-5-17)16(21)22/h6-7,19H,4-5H2,1H3,(H,21,22). The molecule has 0 bridgehead atoms. The highest BCUT2D eigenvalue weighted by Gasteiger charge is 2.53. The van der Waals surface area contributed by atoms with E-state index in [-0.39, 0.29) is 0 Å². The normalized spacial score (nSPS) is 14.6. The average molecular weight is 385 g/mol. The summed E-state index contributed by atoms with van der Waals surface area (Å²) in [6, 6.07) is 6.03. The summed E-state index contributed by atoms with van der Waals surface area (Å²) in [6.07, 6.45) is 1.45. The number of carboxylic acids is 1. The van der Waals surface area contributed by atoms with Crippen LogP contribution in [0.15, 0.2) is 12.1 Å². The Morgan fingerprint density at radius 2 is 2.16 bits per heavy atom. The van der Waals surface area contributed by atoms with Gasteiger partial charge >= 0.3 is 5.97 Å². The lowest BCUT2D eigenvalue weighted by Gasteiger charge is -2.04. The first-order valence-electron chi connectivity index (χ1n) is 7.44. The van der Waals surface area contributed by atoms with Crippen molar-refractivity contribution in [1.29, 1.82) is 5.26 Å². The van der Waals surface area contributed by atoms with Crippen LogP contribution in [0.5, 0.6) is 0 Å². The number of nitrogens with one attached hydrogen (secondary N) is 1. The second-order valence-electron chi connectivity index (χ2n) is 5.70. The third-order valence-electron chi connectivity index (χ3n) is 4.19. The molecule has 0 atom stereocenters. The Labute approximate surface area is 155 Å². The molecule has 124 valence electrons. The molecular weight excluding hydrogens is 374 g/mol. The summed E-state index contributed by atoms with van der Waals surface area (Å²) in [4.78, 5) is 14.0. The summed E-state index contributed by atoms with van der Waals surface area (Å²) < 4.78 is 5.18. The van der Waals surface area contributed by atoms with Gasteiger partial charge in [0.05, 0.1) is 14.6 Å². The molecule has 0 amide bonds. The van der Waals surface area contributed by atoms with Gasteiger partial charge in [0.25, 0.3) is 0 Å². The Balaban J connectivity index is 1.65. The van der Waals surface area contributed by atoms with Gasteiger partial charge < -0.3 is 10.4 Å². The number of rotatable bonds is 3. The van der Waals surface area contributed by atoms with E-state index in [1.165, 1.54) is 11.5 Å². The van der Waals surface area contributed by atoms with Crippen molar-refractivity contribution in [3.05, 3.63) is 32.5 Å². The number of hydrogen-bond donors (Lipinski definition) is 2. The Bertz CT molecular complexity index is 1070. The van der Waals surface area contributed by atoms with E-state index in [9.17, 15) is 9.90 Å². The van der Waals surface area contributed by atoms with E-state index >= 15 is 0 Å². The van der Waals surface area contributed by atoms with Gasteiger partial charge in [-0.2, -0.15) is 9.64 Å². The molecule has 25 heavy (non-hydrogen) atoms. The van der Waals surface area contributed by atoms with E-state index in [1.807, 2.05) is 18.2 Å². The summed E-state index contributed by atoms with van der Waals surface area (Å²) in [6.45, 7) is 0. The van der Waals surface area contributed by atoms with Gasteiger partial charge in [-0.1, -0.05) is 0 Å². The van der Waals surface area contributed by atoms with Crippen LogP contribution in [0.2, 0.25) is 0 Å². The molecule has 0 radical (unpaired) electrons. The fraction of sp³-hybridized carbons (Fsp3) is 0.235. The van der Waals surface area contributed by atoms with Crippen LogP contribution < -0.4 is 5.32 Å². The van der Waals surface area contributed by atoms with Gasteiger partial charge in [-0.15, -0.1) is 22.7 Å². The van der Waals surface area contributed by atoms with Crippen molar-refractivity contribution in [2.45, 2.75) is 18.3 Å². The molecule has 3 aromatic heterocycles. The predicted octanol–water partition coefficient (Wildman–Crippen LogP) is 3.85. The summed E-state index contributed by atoms with van der Waals surface area (Å²) >= 11 is 4.33. The molecule has 1 fully saturated rings. The molecule has 0 unspecified atom stereocenters. The maximum Gasteiger partial charge on any atom is 0.314 e. The first-order valence-corrected chi connectivity index (χ1v) is 9.85. The van der Waals surface area contributed by atoms with Crippen LogP contribution in [-0.4, -0.2) is 22.5 Å². The number of aromatic nitrogens is 1. The summed E-state index contributed by atoms with van der Waals surface area (Å²) in [5.41, 5.74) is 0.377.